The Labute approximate surface area is 87.8 Å². The Kier molecular flexibility index (Phi) is 1.91. The maximum absolute atomic E-state index is 2.49. The molecule has 2 heteroatoms. The zero-order valence-electron chi connectivity index (χ0n) is 7.26. The Morgan fingerprint density at radius 2 is 1.83 bits per heavy atom. The zero-order valence-corrected chi connectivity index (χ0v) is 10.4. The van der Waals surface area contributed by atoms with E-state index < -0.39 is 8.07 Å². The van der Waals surface area contributed by atoms with Gasteiger partial charge in [-0.25, -0.2) is 0 Å². The van der Waals surface area contributed by atoms with E-state index >= 15 is 0 Å². The Balaban J connectivity index is 2.66. The van der Waals surface area contributed by atoms with Gasteiger partial charge in [0.1, 0.15) is 8.07 Å². The molecule has 0 radical (unpaired) electrons. The van der Waals surface area contributed by atoms with Gasteiger partial charge >= 0.3 is 0 Å². The van der Waals surface area contributed by atoms with Crippen molar-refractivity contribution in [2.75, 3.05) is 0 Å². The first-order valence-corrected chi connectivity index (χ1v) is 8.17. The molecule has 0 aliphatic carbocycles. The van der Waals surface area contributed by atoms with Crippen LogP contribution in [-0.4, -0.2) is 8.07 Å². The highest BCUT2D eigenvalue weighted by Gasteiger charge is 2.32. The highest BCUT2D eigenvalue weighted by molar-refractivity contribution is 14.1. The van der Waals surface area contributed by atoms with Crippen molar-refractivity contribution >= 4 is 41.9 Å². The summed E-state index contributed by atoms with van der Waals surface area (Å²) in [5.74, 6) is 0. The van der Waals surface area contributed by atoms with Crippen LogP contribution in [0.25, 0.3) is 6.08 Å². The highest BCUT2D eigenvalue weighted by Crippen LogP contribution is 2.30. The van der Waals surface area contributed by atoms with Gasteiger partial charge in [-0.2, -0.15) is 0 Å². The molecule has 0 amide bonds. The molecule has 0 nitrogen and oxygen atoms in total. The van der Waals surface area contributed by atoms with Crippen LogP contribution in [0.15, 0.2) is 27.5 Å². The molecule has 1 aromatic carbocycles. The molecule has 2 rings (SSSR count). The first-order chi connectivity index (χ1) is 5.62. The molecule has 12 heavy (non-hydrogen) atoms. The Morgan fingerprint density at radius 3 is 2.50 bits per heavy atom. The van der Waals surface area contributed by atoms with E-state index in [4.69, 9.17) is 0 Å². The van der Waals surface area contributed by atoms with Gasteiger partial charge in [-0.3, -0.25) is 0 Å². The largest absolute Gasteiger partial charge is 0.120 e. The third-order valence-corrected chi connectivity index (χ3v) is 10.0. The lowest BCUT2D eigenvalue weighted by molar-refractivity contribution is 1.70. The van der Waals surface area contributed by atoms with Crippen molar-refractivity contribution in [1.29, 1.82) is 0 Å². The molecular formula is C10H11ISi. The summed E-state index contributed by atoms with van der Waals surface area (Å²) in [6, 6.07) is 8.77. The van der Waals surface area contributed by atoms with Crippen LogP contribution in [0.3, 0.4) is 0 Å². The van der Waals surface area contributed by atoms with Crippen LogP contribution in [0.1, 0.15) is 5.56 Å². The van der Waals surface area contributed by atoms with Crippen LogP contribution >= 0.6 is 22.6 Å². The van der Waals surface area contributed by atoms with Crippen molar-refractivity contribution in [3.05, 3.63) is 33.0 Å². The third-order valence-electron chi connectivity index (χ3n) is 2.51. The van der Waals surface area contributed by atoms with E-state index in [1.54, 1.807) is 8.39 Å². The van der Waals surface area contributed by atoms with Crippen molar-refractivity contribution in [1.82, 2.24) is 0 Å². The summed E-state index contributed by atoms with van der Waals surface area (Å²) in [4.78, 5) is 0. The maximum Gasteiger partial charge on any atom is 0.120 e. The lowest BCUT2D eigenvalue weighted by Crippen LogP contribution is -2.39. The first-order valence-electron chi connectivity index (χ1n) is 4.09. The predicted molar refractivity (Wildman–Crippen MR) is 65.6 cm³/mol. The molecule has 0 aromatic heterocycles. The van der Waals surface area contributed by atoms with Gasteiger partial charge in [0.15, 0.2) is 0 Å². The molecule has 0 unspecified atom stereocenters. The lowest BCUT2D eigenvalue weighted by Gasteiger charge is -2.17. The molecule has 1 heterocycles. The second-order valence-corrected chi connectivity index (χ2v) is 10.2. The standard InChI is InChI=1S/C10H11ISi/c1-12(2)9-6-4-3-5-8(9)7-10(12)11/h3-7H,1-2H3. The van der Waals surface area contributed by atoms with Crippen molar-refractivity contribution in [3.8, 4) is 0 Å². The third kappa shape index (κ3) is 1.09. The molecule has 62 valence electrons. The van der Waals surface area contributed by atoms with Crippen molar-refractivity contribution < 1.29 is 0 Å². The summed E-state index contributed by atoms with van der Waals surface area (Å²) in [5.41, 5.74) is 1.44. The number of fused-ring (bicyclic) bond motifs is 1. The van der Waals surface area contributed by atoms with Gasteiger partial charge in [-0.05, 0) is 20.0 Å². The van der Waals surface area contributed by atoms with Gasteiger partial charge in [-0.1, -0.05) is 60.0 Å². The van der Waals surface area contributed by atoms with Gasteiger partial charge in [0.2, 0.25) is 0 Å². The monoisotopic (exact) mass is 286 g/mol. The SMILES string of the molecule is C[Si]1(C)C(I)=Cc2ccccc21. The van der Waals surface area contributed by atoms with E-state index in [9.17, 15) is 0 Å². The van der Waals surface area contributed by atoms with Crippen molar-refractivity contribution in [2.24, 2.45) is 0 Å². The highest BCUT2D eigenvalue weighted by atomic mass is 127. The van der Waals surface area contributed by atoms with Crippen LogP contribution < -0.4 is 5.19 Å². The minimum Gasteiger partial charge on any atom is -0.0623 e. The van der Waals surface area contributed by atoms with Crippen LogP contribution in [0, 0.1) is 0 Å². The van der Waals surface area contributed by atoms with Crippen LogP contribution in [-0.2, 0) is 0 Å². The van der Waals surface area contributed by atoms with Gasteiger partial charge in [0.05, 0.1) is 0 Å². The molecule has 0 atom stereocenters. The average molecular weight is 286 g/mol. The number of halogens is 1. The topological polar surface area (TPSA) is 0 Å². The quantitative estimate of drug-likeness (QED) is 0.508. The molecule has 0 saturated carbocycles. The fraction of sp³-hybridized carbons (Fsp3) is 0.200. The van der Waals surface area contributed by atoms with Gasteiger partial charge < -0.3 is 0 Å². The Hall–Kier alpha value is -0.0931. The Morgan fingerprint density at radius 1 is 1.17 bits per heavy atom. The van der Waals surface area contributed by atoms with E-state index in [0.29, 0.717) is 0 Å². The van der Waals surface area contributed by atoms with E-state index in [1.165, 1.54) is 5.56 Å². The molecule has 0 N–H and O–H groups in total. The second kappa shape index (κ2) is 2.70. The first kappa shape index (κ1) is 8.50. The normalized spacial score (nSPS) is 18.8. The summed E-state index contributed by atoms with van der Waals surface area (Å²) >= 11 is 2.49. The molecule has 0 fully saturated rings. The summed E-state index contributed by atoms with van der Waals surface area (Å²) in [7, 11) is -1.22. The fourth-order valence-corrected chi connectivity index (χ4v) is 5.01. The van der Waals surface area contributed by atoms with Crippen LogP contribution in [0.5, 0.6) is 0 Å². The van der Waals surface area contributed by atoms with E-state index in [2.05, 4.69) is 66.0 Å². The number of benzene rings is 1. The smallest absolute Gasteiger partial charge is 0.0623 e. The predicted octanol–water partition coefficient (Wildman–Crippen LogP) is 2.93. The average Bonchev–Trinajstić information content (AvgIpc) is 2.25. The summed E-state index contributed by atoms with van der Waals surface area (Å²) in [6.07, 6.45) is 2.34. The van der Waals surface area contributed by atoms with E-state index in [1.807, 2.05) is 0 Å². The molecule has 1 aromatic rings. The molecule has 0 spiro atoms. The van der Waals surface area contributed by atoms with Crippen molar-refractivity contribution in [3.63, 3.8) is 0 Å². The minimum atomic E-state index is -1.22. The summed E-state index contributed by atoms with van der Waals surface area (Å²) in [5, 5.41) is 1.59. The molecule has 0 bridgehead atoms. The minimum absolute atomic E-state index is 1.22. The maximum atomic E-state index is 2.49. The number of hydrogen-bond donors (Lipinski definition) is 0. The number of rotatable bonds is 0. The zero-order chi connectivity index (χ0) is 8.77. The van der Waals surface area contributed by atoms with Crippen LogP contribution in [0.2, 0.25) is 13.1 Å². The second-order valence-electron chi connectivity index (χ2n) is 3.70. The fourth-order valence-electron chi connectivity index (χ4n) is 1.64. The molecule has 1 aliphatic rings. The van der Waals surface area contributed by atoms with Gasteiger partial charge in [0.25, 0.3) is 0 Å². The molecule has 0 saturated heterocycles. The lowest BCUT2D eigenvalue weighted by atomic mass is 10.2. The van der Waals surface area contributed by atoms with E-state index in [0.717, 1.165) is 0 Å². The van der Waals surface area contributed by atoms with Gasteiger partial charge in [0, 0.05) is 0 Å². The molecule has 1 aliphatic heterocycles. The molecular weight excluding hydrogens is 275 g/mol. The van der Waals surface area contributed by atoms with E-state index in [-0.39, 0.29) is 0 Å². The summed E-state index contributed by atoms with van der Waals surface area (Å²) in [6.45, 7) is 4.83. The van der Waals surface area contributed by atoms with Gasteiger partial charge in [-0.15, -0.1) is 0 Å². The Bertz CT molecular complexity index is 353. The summed E-state index contributed by atoms with van der Waals surface area (Å²) < 4.78 is 1.57. The van der Waals surface area contributed by atoms with Crippen LogP contribution in [0.4, 0.5) is 0 Å². The number of hydrogen-bond acceptors (Lipinski definition) is 0. The van der Waals surface area contributed by atoms with Crippen molar-refractivity contribution in [2.45, 2.75) is 13.1 Å².